The van der Waals surface area contributed by atoms with Gasteiger partial charge in [-0.05, 0) is 12.8 Å². The number of carbonyl (C=O) groups is 2. The predicted molar refractivity (Wildman–Crippen MR) is 65.5 cm³/mol. The van der Waals surface area contributed by atoms with E-state index in [0.29, 0.717) is 12.1 Å². The van der Waals surface area contributed by atoms with Gasteiger partial charge in [0.15, 0.2) is 0 Å². The summed E-state index contributed by atoms with van der Waals surface area (Å²) in [5.41, 5.74) is 4.92. The van der Waals surface area contributed by atoms with Gasteiger partial charge in [-0.3, -0.25) is 15.0 Å². The summed E-state index contributed by atoms with van der Waals surface area (Å²) in [4.78, 5) is 24.2. The van der Waals surface area contributed by atoms with Crippen LogP contribution >= 0.6 is 0 Å². The van der Waals surface area contributed by atoms with Crippen molar-refractivity contribution in [3.05, 3.63) is 0 Å². The first-order valence-corrected chi connectivity index (χ1v) is 6.13. The molecule has 0 bridgehead atoms. The minimum atomic E-state index is -0.787. The van der Waals surface area contributed by atoms with Crippen LogP contribution < -0.4 is 16.4 Å². The summed E-state index contributed by atoms with van der Waals surface area (Å²) in [6, 6.07) is -0.0270. The fourth-order valence-corrected chi connectivity index (χ4v) is 2.16. The molecular formula is C11H22N4O2. The summed E-state index contributed by atoms with van der Waals surface area (Å²) in [5, 5.41) is 5.55. The molecule has 0 spiro atoms. The number of hydrogen-bond acceptors (Lipinski definition) is 4. The number of rotatable bonds is 4. The molecule has 6 heteroatoms. The molecule has 1 aliphatic rings. The molecule has 0 aromatic rings. The number of nitrogens with zero attached hydrogens (tertiary/aromatic N) is 1. The van der Waals surface area contributed by atoms with E-state index in [2.05, 4.69) is 29.4 Å². The number of amides is 3. The van der Waals surface area contributed by atoms with Gasteiger partial charge in [-0.2, -0.15) is 0 Å². The molecule has 4 N–H and O–H groups in total. The second-order valence-corrected chi connectivity index (χ2v) is 4.42. The van der Waals surface area contributed by atoms with Crippen molar-refractivity contribution in [1.82, 2.24) is 15.5 Å². The molecule has 3 amide bonds. The Hall–Kier alpha value is -1.14. The predicted octanol–water partition coefficient (Wildman–Crippen LogP) is -0.356. The normalized spacial score (nSPS) is 25.5. The zero-order valence-corrected chi connectivity index (χ0v) is 10.5. The highest BCUT2D eigenvalue weighted by Gasteiger charge is 2.27. The van der Waals surface area contributed by atoms with E-state index in [1.807, 2.05) is 0 Å². The number of urea groups is 1. The highest BCUT2D eigenvalue weighted by atomic mass is 16.2. The number of nitrogens with two attached hydrogens (primary N) is 1. The highest BCUT2D eigenvalue weighted by Crippen LogP contribution is 2.11. The lowest BCUT2D eigenvalue weighted by molar-refractivity contribution is -0.122. The van der Waals surface area contributed by atoms with Crippen molar-refractivity contribution >= 4 is 11.9 Å². The van der Waals surface area contributed by atoms with Gasteiger partial charge in [-0.1, -0.05) is 13.8 Å². The second-order valence-electron chi connectivity index (χ2n) is 4.42. The van der Waals surface area contributed by atoms with Gasteiger partial charge in [-0.15, -0.1) is 0 Å². The Morgan fingerprint density at radius 1 is 1.41 bits per heavy atom. The zero-order valence-electron chi connectivity index (χ0n) is 10.5. The summed E-state index contributed by atoms with van der Waals surface area (Å²) in [6.07, 6.45) is 2.01. The first-order valence-electron chi connectivity index (χ1n) is 6.13. The van der Waals surface area contributed by atoms with Crippen molar-refractivity contribution in [3.8, 4) is 0 Å². The maximum Gasteiger partial charge on any atom is 0.318 e. The average Bonchev–Trinajstić information content (AvgIpc) is 2.27. The maximum atomic E-state index is 11.5. The third-order valence-corrected chi connectivity index (χ3v) is 3.19. The Morgan fingerprint density at radius 2 is 2.12 bits per heavy atom. The lowest BCUT2D eigenvalue weighted by Gasteiger charge is -2.39. The summed E-state index contributed by atoms with van der Waals surface area (Å²) in [5.74, 6) is -0.326. The van der Waals surface area contributed by atoms with Crippen LogP contribution in [0.1, 0.15) is 26.7 Å². The maximum absolute atomic E-state index is 11.5. The van der Waals surface area contributed by atoms with E-state index < -0.39 is 6.03 Å². The molecule has 98 valence electrons. The molecule has 0 aliphatic carbocycles. The van der Waals surface area contributed by atoms with E-state index in [9.17, 15) is 9.59 Å². The number of carbonyl (C=O) groups excluding carboxylic acids is 2. The Labute approximate surface area is 102 Å². The molecule has 17 heavy (non-hydrogen) atoms. The van der Waals surface area contributed by atoms with E-state index >= 15 is 0 Å². The summed E-state index contributed by atoms with van der Waals surface area (Å²) >= 11 is 0. The minimum Gasteiger partial charge on any atom is -0.351 e. The van der Waals surface area contributed by atoms with Gasteiger partial charge in [0.2, 0.25) is 5.91 Å². The van der Waals surface area contributed by atoms with Crippen molar-refractivity contribution in [3.63, 3.8) is 0 Å². The molecule has 1 rings (SSSR count). The van der Waals surface area contributed by atoms with Crippen LogP contribution in [-0.4, -0.2) is 48.6 Å². The van der Waals surface area contributed by atoms with Crippen LogP contribution in [0.5, 0.6) is 0 Å². The molecule has 0 aromatic carbocycles. The molecule has 1 fully saturated rings. The largest absolute Gasteiger partial charge is 0.351 e. The van der Waals surface area contributed by atoms with Crippen LogP contribution in [-0.2, 0) is 4.79 Å². The van der Waals surface area contributed by atoms with Gasteiger partial charge in [0.25, 0.3) is 0 Å². The van der Waals surface area contributed by atoms with Crippen LogP contribution in [0.2, 0.25) is 0 Å². The molecule has 1 heterocycles. The van der Waals surface area contributed by atoms with E-state index in [1.54, 1.807) is 0 Å². The van der Waals surface area contributed by atoms with Crippen LogP contribution in [0.3, 0.4) is 0 Å². The smallest absolute Gasteiger partial charge is 0.318 e. The van der Waals surface area contributed by atoms with Crippen LogP contribution in [0.4, 0.5) is 4.79 Å². The lowest BCUT2D eigenvalue weighted by atomic mass is 10.1. The molecule has 0 saturated carbocycles. The molecule has 6 nitrogen and oxygen atoms in total. The third kappa shape index (κ3) is 4.32. The van der Waals surface area contributed by atoms with Crippen molar-refractivity contribution in [2.45, 2.75) is 38.8 Å². The van der Waals surface area contributed by atoms with Gasteiger partial charge in [0.1, 0.15) is 0 Å². The first kappa shape index (κ1) is 13.9. The highest BCUT2D eigenvalue weighted by molar-refractivity contribution is 5.94. The van der Waals surface area contributed by atoms with Crippen LogP contribution in [0.15, 0.2) is 0 Å². The molecule has 2 unspecified atom stereocenters. The summed E-state index contributed by atoms with van der Waals surface area (Å²) in [6.45, 7) is 6.17. The number of imide groups is 1. The monoisotopic (exact) mass is 242 g/mol. The van der Waals surface area contributed by atoms with Crippen molar-refractivity contribution < 1.29 is 9.59 Å². The fraction of sp³-hybridized carbons (Fsp3) is 0.818. The van der Waals surface area contributed by atoms with E-state index in [0.717, 1.165) is 25.9 Å². The van der Waals surface area contributed by atoms with Gasteiger partial charge in [0, 0.05) is 25.2 Å². The quantitative estimate of drug-likeness (QED) is 0.628. The van der Waals surface area contributed by atoms with Gasteiger partial charge in [-0.25, -0.2) is 4.79 Å². The van der Waals surface area contributed by atoms with Crippen molar-refractivity contribution in [1.29, 1.82) is 0 Å². The number of primary amides is 1. The Morgan fingerprint density at radius 3 is 2.65 bits per heavy atom. The summed E-state index contributed by atoms with van der Waals surface area (Å²) in [7, 11) is 0. The molecule has 2 atom stereocenters. The second kappa shape index (κ2) is 6.56. The van der Waals surface area contributed by atoms with E-state index in [4.69, 9.17) is 5.73 Å². The SMILES string of the molecule is CCC1CN(CC(=O)NC(N)=O)C(CC)CN1. The Bertz CT molecular complexity index is 283. The number of nitrogens with one attached hydrogen (secondary N) is 2. The Balaban J connectivity index is 2.51. The van der Waals surface area contributed by atoms with Crippen LogP contribution in [0, 0.1) is 0 Å². The average molecular weight is 242 g/mol. The topological polar surface area (TPSA) is 87.5 Å². The van der Waals surface area contributed by atoms with Gasteiger partial charge < -0.3 is 11.1 Å². The van der Waals surface area contributed by atoms with E-state index in [1.165, 1.54) is 0 Å². The number of piperazine rings is 1. The summed E-state index contributed by atoms with van der Waals surface area (Å²) < 4.78 is 0. The van der Waals surface area contributed by atoms with Crippen LogP contribution in [0.25, 0.3) is 0 Å². The lowest BCUT2D eigenvalue weighted by Crippen LogP contribution is -2.58. The standard InChI is InChI=1S/C11H22N4O2/c1-3-8-6-15(9(4-2)5-13-8)7-10(16)14-11(12)17/h8-9,13H,3-7H2,1-2H3,(H3,12,14,16,17). The zero-order chi connectivity index (χ0) is 12.8. The Kier molecular flexibility index (Phi) is 5.37. The molecule has 0 radical (unpaired) electrons. The number of hydrogen-bond donors (Lipinski definition) is 3. The van der Waals surface area contributed by atoms with Gasteiger partial charge >= 0.3 is 6.03 Å². The van der Waals surface area contributed by atoms with Crippen molar-refractivity contribution in [2.75, 3.05) is 19.6 Å². The fourth-order valence-electron chi connectivity index (χ4n) is 2.16. The molecule has 1 aliphatic heterocycles. The van der Waals surface area contributed by atoms with Gasteiger partial charge in [0.05, 0.1) is 6.54 Å². The minimum absolute atomic E-state index is 0.236. The van der Waals surface area contributed by atoms with Crippen molar-refractivity contribution in [2.24, 2.45) is 5.73 Å². The van der Waals surface area contributed by atoms with E-state index in [-0.39, 0.29) is 12.5 Å². The molecule has 1 saturated heterocycles. The first-order chi connectivity index (χ1) is 8.06. The molecule has 0 aromatic heterocycles. The molecular weight excluding hydrogens is 220 g/mol. The third-order valence-electron chi connectivity index (χ3n) is 3.19.